The van der Waals surface area contributed by atoms with E-state index in [1.54, 1.807) is 98.1 Å². The molecule has 0 spiro atoms. The molecule has 0 bridgehead atoms. The van der Waals surface area contributed by atoms with Crippen LogP contribution in [-0.4, -0.2) is 108 Å². The molecule has 1 saturated heterocycles. The Labute approximate surface area is 368 Å². The van der Waals surface area contributed by atoms with Crippen molar-refractivity contribution in [1.82, 2.24) is 44.1 Å². The highest BCUT2D eigenvalue weighted by atomic mass is 32.2. The first-order chi connectivity index (χ1) is 30.8. The summed E-state index contributed by atoms with van der Waals surface area (Å²) in [5, 5.41) is 22.4. The first-order valence-electron chi connectivity index (χ1n) is 19.8. The van der Waals surface area contributed by atoms with Gasteiger partial charge in [-0.15, -0.1) is 5.10 Å². The quantitative estimate of drug-likeness (QED) is 0.100. The monoisotopic (exact) mass is 908 g/mol. The SMILES string of the molecule is COc1ccc(CN(Cc2ccc(OC)cc2)S(=O)(=O)c2c(S(=O)(=O)N[C@@H]3CCN(C(=O)O)C3)ccc(-c3cccc4[nH]c(N)nc34)c2-c2nnnn2Cc2ccc(OC)cc2)cc1. The molecule has 1 aliphatic heterocycles. The number of anilines is 1. The molecule has 1 aliphatic rings. The number of benzene rings is 5. The molecule has 21 heteroatoms. The van der Waals surface area contributed by atoms with E-state index in [0.29, 0.717) is 45.0 Å². The molecular weight excluding hydrogens is 865 g/mol. The van der Waals surface area contributed by atoms with Crippen molar-refractivity contribution in [2.45, 2.75) is 41.9 Å². The number of aromatic nitrogens is 6. The molecule has 0 unspecified atom stereocenters. The van der Waals surface area contributed by atoms with Gasteiger partial charge in [0.1, 0.15) is 27.0 Å². The molecule has 0 saturated carbocycles. The van der Waals surface area contributed by atoms with Gasteiger partial charge in [0.05, 0.1) is 44.5 Å². The normalized spacial score (nSPS) is 14.3. The number of para-hydroxylation sites is 1. The first-order valence-corrected chi connectivity index (χ1v) is 22.8. The summed E-state index contributed by atoms with van der Waals surface area (Å²) in [4.78, 5) is 19.3. The van der Waals surface area contributed by atoms with Crippen LogP contribution in [0, 0.1) is 0 Å². The van der Waals surface area contributed by atoms with Crippen molar-refractivity contribution in [3.8, 4) is 39.8 Å². The molecule has 8 rings (SSSR count). The van der Waals surface area contributed by atoms with Crippen LogP contribution >= 0.6 is 0 Å². The number of carboxylic acid groups (broad SMARTS) is 1. The Balaban J connectivity index is 1.41. The van der Waals surface area contributed by atoms with E-state index in [-0.39, 0.29) is 62.0 Å². The fourth-order valence-corrected chi connectivity index (χ4v) is 11.4. The average molecular weight is 909 g/mol. The number of nitrogens with two attached hydrogens (primary N) is 1. The number of tetrazole rings is 1. The Morgan fingerprint density at radius 2 is 1.42 bits per heavy atom. The molecule has 2 aromatic heterocycles. The van der Waals surface area contributed by atoms with E-state index in [0.717, 1.165) is 10.5 Å². The number of likely N-dealkylation sites (tertiary alicyclic amines) is 1. The molecular formula is C43H44N10O9S2. The Hall–Kier alpha value is -7.07. The lowest BCUT2D eigenvalue weighted by atomic mass is 9.97. The second-order valence-corrected chi connectivity index (χ2v) is 18.5. The minimum Gasteiger partial charge on any atom is -0.497 e. The van der Waals surface area contributed by atoms with Gasteiger partial charge in [-0.05, 0) is 87.6 Å². The number of hydrogen-bond donors (Lipinski definition) is 4. The second kappa shape index (κ2) is 18.0. The highest BCUT2D eigenvalue weighted by Crippen LogP contribution is 2.43. The summed E-state index contributed by atoms with van der Waals surface area (Å²) in [5.74, 6) is 1.73. The van der Waals surface area contributed by atoms with Crippen molar-refractivity contribution < 1.29 is 40.9 Å². The maximum atomic E-state index is 16.1. The summed E-state index contributed by atoms with van der Waals surface area (Å²) in [6.07, 6.45) is -1.05. The number of sulfonamides is 2. The van der Waals surface area contributed by atoms with E-state index in [9.17, 15) is 18.3 Å². The summed E-state index contributed by atoms with van der Waals surface area (Å²) < 4.78 is 83.4. The number of nitrogens with one attached hydrogen (secondary N) is 2. The number of rotatable bonds is 16. The summed E-state index contributed by atoms with van der Waals surface area (Å²) in [7, 11) is -5.16. The van der Waals surface area contributed by atoms with Gasteiger partial charge in [-0.3, -0.25) is 0 Å². The van der Waals surface area contributed by atoms with Crippen LogP contribution in [0.5, 0.6) is 17.2 Å². The third-order valence-corrected chi connectivity index (χ3v) is 14.5. The van der Waals surface area contributed by atoms with E-state index >= 15 is 8.42 Å². The first kappa shape index (κ1) is 43.6. The number of aromatic amines is 1. The minimum atomic E-state index is -4.97. The number of methoxy groups -OCH3 is 3. The van der Waals surface area contributed by atoms with E-state index in [4.69, 9.17) is 19.9 Å². The van der Waals surface area contributed by atoms with E-state index < -0.39 is 42.0 Å². The van der Waals surface area contributed by atoms with Crippen molar-refractivity contribution in [3.63, 3.8) is 0 Å². The topological polar surface area (TPSA) is 250 Å². The predicted molar refractivity (Wildman–Crippen MR) is 236 cm³/mol. The van der Waals surface area contributed by atoms with Crippen LogP contribution < -0.4 is 24.7 Å². The maximum Gasteiger partial charge on any atom is 0.407 e. The van der Waals surface area contributed by atoms with Crippen LogP contribution in [0.2, 0.25) is 0 Å². The number of H-pyrrole nitrogens is 1. The van der Waals surface area contributed by atoms with Crippen LogP contribution in [0.15, 0.2) is 113 Å². The summed E-state index contributed by atoms with van der Waals surface area (Å²) >= 11 is 0. The zero-order valence-electron chi connectivity index (χ0n) is 34.9. The van der Waals surface area contributed by atoms with Gasteiger partial charge in [-0.2, -0.15) is 4.31 Å². The lowest BCUT2D eigenvalue weighted by molar-refractivity contribution is 0.155. The number of nitrogen functional groups attached to an aromatic ring is 1. The lowest BCUT2D eigenvalue weighted by Crippen LogP contribution is -2.39. The van der Waals surface area contributed by atoms with Crippen LogP contribution in [0.3, 0.4) is 0 Å². The second-order valence-electron chi connectivity index (χ2n) is 15.0. The molecule has 1 amide bonds. The molecule has 19 nitrogen and oxygen atoms in total. The molecule has 5 N–H and O–H groups in total. The summed E-state index contributed by atoms with van der Waals surface area (Å²) in [5.41, 5.74) is 9.41. The fourth-order valence-electron chi connectivity index (χ4n) is 7.68. The number of hydrogen-bond acceptors (Lipinski definition) is 13. The molecule has 5 aromatic carbocycles. The summed E-state index contributed by atoms with van der Waals surface area (Å²) in [6, 6.07) is 27.8. The number of imidazole rings is 1. The van der Waals surface area contributed by atoms with Gasteiger partial charge in [-0.25, -0.2) is 36.0 Å². The highest BCUT2D eigenvalue weighted by Gasteiger charge is 2.40. The largest absolute Gasteiger partial charge is 0.497 e. The number of amides is 1. The fraction of sp³-hybridized carbons (Fsp3) is 0.233. The molecule has 7 aromatic rings. The molecule has 64 heavy (non-hydrogen) atoms. The van der Waals surface area contributed by atoms with Crippen molar-refractivity contribution in [2.24, 2.45) is 0 Å². The number of fused-ring (bicyclic) bond motifs is 1. The van der Waals surface area contributed by atoms with Gasteiger partial charge >= 0.3 is 6.09 Å². The van der Waals surface area contributed by atoms with E-state index in [1.165, 1.54) is 35.3 Å². The van der Waals surface area contributed by atoms with Crippen LogP contribution in [0.4, 0.5) is 10.7 Å². The average Bonchev–Trinajstić information content (AvgIpc) is 4.06. The highest BCUT2D eigenvalue weighted by molar-refractivity contribution is 7.92. The van der Waals surface area contributed by atoms with Crippen molar-refractivity contribution in [1.29, 1.82) is 0 Å². The van der Waals surface area contributed by atoms with Gasteiger partial charge in [0, 0.05) is 37.8 Å². The number of carbonyl (C=O) groups is 1. The lowest BCUT2D eigenvalue weighted by Gasteiger charge is -2.27. The van der Waals surface area contributed by atoms with Crippen LogP contribution in [0.1, 0.15) is 23.1 Å². The zero-order chi connectivity index (χ0) is 45.2. The predicted octanol–water partition coefficient (Wildman–Crippen LogP) is 4.96. The molecule has 332 valence electrons. The van der Waals surface area contributed by atoms with E-state index in [1.807, 2.05) is 0 Å². The van der Waals surface area contributed by atoms with Gasteiger partial charge in [-0.1, -0.05) is 54.6 Å². The Morgan fingerprint density at radius 3 is 1.98 bits per heavy atom. The Morgan fingerprint density at radius 1 is 0.828 bits per heavy atom. The van der Waals surface area contributed by atoms with Gasteiger partial charge < -0.3 is 34.9 Å². The molecule has 1 fully saturated rings. The maximum absolute atomic E-state index is 16.1. The van der Waals surface area contributed by atoms with Crippen molar-refractivity contribution >= 4 is 43.1 Å². The number of nitrogens with zero attached hydrogens (tertiary/aromatic N) is 7. The Kier molecular flexibility index (Phi) is 12.2. The van der Waals surface area contributed by atoms with E-state index in [2.05, 4.69) is 30.2 Å². The number of ether oxygens (including phenoxy) is 3. The Bertz CT molecular complexity index is 2980. The molecule has 3 heterocycles. The standard InChI is InChI=1S/C43H44N10O9S2/c1-60-31-13-7-27(8-14-31)23-52(24-28-9-15-32(61-2)16-10-28)64(58,59)40-37(63(56,57)48-30-21-22-51(26-30)43(54)55)20-19-34(35-5-4-6-36-39(35)46-42(44)45-36)38(40)41-47-49-50-53(41)25-29-11-17-33(62-3)18-12-29/h4-20,30,48H,21-26H2,1-3H3,(H,54,55)(H3,44,45,46)/t30-/m1/s1. The van der Waals surface area contributed by atoms with Gasteiger partial charge in [0.25, 0.3) is 0 Å². The molecule has 1 atom stereocenters. The minimum absolute atomic E-state index is 0.0363. The smallest absolute Gasteiger partial charge is 0.407 e. The van der Waals surface area contributed by atoms with Crippen molar-refractivity contribution in [2.75, 3.05) is 40.2 Å². The van der Waals surface area contributed by atoms with Crippen LogP contribution in [-0.2, 0) is 39.7 Å². The third-order valence-electron chi connectivity index (χ3n) is 10.9. The molecule has 0 aliphatic carbocycles. The third kappa shape index (κ3) is 8.91. The van der Waals surface area contributed by atoms with Gasteiger partial charge in [0.15, 0.2) is 11.8 Å². The van der Waals surface area contributed by atoms with Gasteiger partial charge in [0.2, 0.25) is 20.0 Å². The van der Waals surface area contributed by atoms with Crippen LogP contribution in [0.25, 0.3) is 33.5 Å². The van der Waals surface area contributed by atoms with Crippen molar-refractivity contribution in [3.05, 3.63) is 120 Å². The molecule has 0 radical (unpaired) electrons. The zero-order valence-corrected chi connectivity index (χ0v) is 36.5. The summed E-state index contributed by atoms with van der Waals surface area (Å²) in [6.45, 7) is -0.465.